The van der Waals surface area contributed by atoms with Crippen molar-refractivity contribution >= 4 is 5.91 Å². The molecule has 0 bridgehead atoms. The van der Waals surface area contributed by atoms with Gasteiger partial charge in [-0.25, -0.2) is 4.39 Å². The molecule has 1 N–H and O–H groups in total. The number of nitrogens with one attached hydrogen (secondary N) is 1. The van der Waals surface area contributed by atoms with Gasteiger partial charge in [0.1, 0.15) is 5.82 Å². The maximum atomic E-state index is 13.3. The molecule has 0 spiro atoms. The lowest BCUT2D eigenvalue weighted by atomic mass is 10.1. The first-order valence-corrected chi connectivity index (χ1v) is 8.07. The first kappa shape index (κ1) is 16.8. The highest BCUT2D eigenvalue weighted by atomic mass is 19.1. The number of halogens is 1. The Bertz CT molecular complexity index is 892. The lowest BCUT2D eigenvalue weighted by Gasteiger charge is -2.11. The van der Waals surface area contributed by atoms with Crippen molar-refractivity contribution in [3.05, 3.63) is 59.9 Å². The highest BCUT2D eigenvalue weighted by Gasteiger charge is 2.14. The van der Waals surface area contributed by atoms with Crippen LogP contribution in [0.2, 0.25) is 0 Å². The summed E-state index contributed by atoms with van der Waals surface area (Å²) in [5.41, 5.74) is 1.68. The summed E-state index contributed by atoms with van der Waals surface area (Å²) in [6.07, 6.45) is 0.853. The molecule has 1 atom stereocenters. The summed E-state index contributed by atoms with van der Waals surface area (Å²) in [5, 5.41) is 6.80. The standard InChI is InChI=1S/C19H18FN3O2/c1-3-12(2)21-18(24)14-7-4-8-15(10-14)19-22-17(23-25-19)13-6-5-9-16(20)11-13/h4-12H,3H2,1-2H3,(H,21,24). The van der Waals surface area contributed by atoms with E-state index < -0.39 is 0 Å². The summed E-state index contributed by atoms with van der Waals surface area (Å²) >= 11 is 0. The van der Waals surface area contributed by atoms with Crippen LogP contribution in [0, 0.1) is 5.82 Å². The highest BCUT2D eigenvalue weighted by Crippen LogP contribution is 2.23. The molecule has 2 aromatic carbocycles. The molecule has 3 rings (SSSR count). The van der Waals surface area contributed by atoms with Crippen LogP contribution in [-0.2, 0) is 0 Å². The molecule has 25 heavy (non-hydrogen) atoms. The number of nitrogens with zero attached hydrogens (tertiary/aromatic N) is 2. The second-order valence-electron chi connectivity index (χ2n) is 5.80. The molecule has 3 aromatic rings. The fourth-order valence-corrected chi connectivity index (χ4v) is 2.29. The maximum Gasteiger partial charge on any atom is 0.258 e. The first-order valence-electron chi connectivity index (χ1n) is 8.07. The highest BCUT2D eigenvalue weighted by molar-refractivity contribution is 5.95. The second-order valence-corrected chi connectivity index (χ2v) is 5.80. The molecule has 128 valence electrons. The number of carbonyl (C=O) groups excluding carboxylic acids is 1. The molecular formula is C19H18FN3O2. The van der Waals surface area contributed by atoms with Crippen molar-refractivity contribution in [2.75, 3.05) is 0 Å². The predicted molar refractivity (Wildman–Crippen MR) is 92.3 cm³/mol. The Labute approximate surface area is 144 Å². The van der Waals surface area contributed by atoms with Gasteiger partial charge in [0, 0.05) is 22.7 Å². The van der Waals surface area contributed by atoms with E-state index in [9.17, 15) is 9.18 Å². The van der Waals surface area contributed by atoms with Crippen molar-refractivity contribution in [1.29, 1.82) is 0 Å². The van der Waals surface area contributed by atoms with Crippen LogP contribution in [0.1, 0.15) is 30.6 Å². The summed E-state index contributed by atoms with van der Waals surface area (Å²) in [7, 11) is 0. The Morgan fingerprint density at radius 3 is 2.72 bits per heavy atom. The molecular weight excluding hydrogens is 321 g/mol. The number of hydrogen-bond acceptors (Lipinski definition) is 4. The van der Waals surface area contributed by atoms with Gasteiger partial charge in [0.15, 0.2) is 0 Å². The lowest BCUT2D eigenvalue weighted by molar-refractivity contribution is 0.0939. The topological polar surface area (TPSA) is 68.0 Å². The Morgan fingerprint density at radius 1 is 1.20 bits per heavy atom. The SMILES string of the molecule is CCC(C)NC(=O)c1cccc(-c2nc(-c3cccc(F)c3)no2)c1. The minimum absolute atomic E-state index is 0.0964. The smallest absolute Gasteiger partial charge is 0.258 e. The van der Waals surface area contributed by atoms with Gasteiger partial charge in [-0.2, -0.15) is 4.98 Å². The van der Waals surface area contributed by atoms with Gasteiger partial charge in [0.2, 0.25) is 5.82 Å². The van der Waals surface area contributed by atoms with Crippen LogP contribution in [-0.4, -0.2) is 22.1 Å². The van der Waals surface area contributed by atoms with Gasteiger partial charge in [-0.05, 0) is 43.7 Å². The van der Waals surface area contributed by atoms with Crippen LogP contribution in [0.25, 0.3) is 22.8 Å². The number of rotatable bonds is 5. The van der Waals surface area contributed by atoms with Crippen LogP contribution < -0.4 is 5.32 Å². The molecule has 5 nitrogen and oxygen atoms in total. The largest absolute Gasteiger partial charge is 0.350 e. The fraction of sp³-hybridized carbons (Fsp3) is 0.211. The van der Waals surface area contributed by atoms with E-state index in [0.717, 1.165) is 6.42 Å². The number of hydrogen-bond donors (Lipinski definition) is 1. The van der Waals surface area contributed by atoms with Crippen LogP contribution in [0.15, 0.2) is 53.1 Å². The summed E-state index contributed by atoms with van der Waals surface area (Å²) < 4.78 is 18.6. The minimum Gasteiger partial charge on any atom is -0.350 e. The van der Waals surface area contributed by atoms with E-state index in [4.69, 9.17) is 4.52 Å². The Hall–Kier alpha value is -3.02. The Balaban J connectivity index is 1.86. The lowest BCUT2D eigenvalue weighted by Crippen LogP contribution is -2.31. The molecule has 1 unspecified atom stereocenters. The first-order chi connectivity index (χ1) is 12.1. The monoisotopic (exact) mass is 339 g/mol. The van der Waals surface area contributed by atoms with Gasteiger partial charge < -0.3 is 9.84 Å². The summed E-state index contributed by atoms with van der Waals surface area (Å²) in [6, 6.07) is 13.0. The zero-order valence-corrected chi connectivity index (χ0v) is 14.0. The van der Waals surface area contributed by atoms with Crippen molar-refractivity contribution in [1.82, 2.24) is 15.5 Å². The van der Waals surface area contributed by atoms with Crippen molar-refractivity contribution in [3.63, 3.8) is 0 Å². The molecule has 0 aliphatic carbocycles. The summed E-state index contributed by atoms with van der Waals surface area (Å²) in [4.78, 5) is 16.5. The van der Waals surface area contributed by atoms with E-state index in [1.807, 2.05) is 13.8 Å². The molecule has 6 heteroatoms. The van der Waals surface area contributed by atoms with Gasteiger partial charge in [-0.3, -0.25) is 4.79 Å². The van der Waals surface area contributed by atoms with Crippen LogP contribution in [0.3, 0.4) is 0 Å². The molecule has 0 saturated heterocycles. The number of amides is 1. The molecule has 0 radical (unpaired) electrons. The Kier molecular flexibility index (Phi) is 4.88. The van der Waals surface area contributed by atoms with Gasteiger partial charge in [0.25, 0.3) is 11.8 Å². The van der Waals surface area contributed by atoms with Crippen molar-refractivity contribution in [2.45, 2.75) is 26.3 Å². The molecule has 0 aliphatic heterocycles. The van der Waals surface area contributed by atoms with E-state index in [-0.39, 0.29) is 23.7 Å². The second kappa shape index (κ2) is 7.25. The van der Waals surface area contributed by atoms with Gasteiger partial charge in [0.05, 0.1) is 0 Å². The van der Waals surface area contributed by atoms with Gasteiger partial charge in [-0.15, -0.1) is 0 Å². The van der Waals surface area contributed by atoms with E-state index in [2.05, 4.69) is 15.5 Å². The molecule has 0 aliphatic rings. The van der Waals surface area contributed by atoms with E-state index in [1.165, 1.54) is 12.1 Å². The van der Waals surface area contributed by atoms with E-state index >= 15 is 0 Å². The average molecular weight is 339 g/mol. The predicted octanol–water partition coefficient (Wildman–Crippen LogP) is 4.07. The molecule has 1 amide bonds. The number of aromatic nitrogens is 2. The summed E-state index contributed by atoms with van der Waals surface area (Å²) in [6.45, 7) is 3.96. The van der Waals surface area contributed by atoms with Gasteiger partial charge >= 0.3 is 0 Å². The zero-order chi connectivity index (χ0) is 17.8. The Morgan fingerprint density at radius 2 is 1.96 bits per heavy atom. The molecule has 1 heterocycles. The maximum absolute atomic E-state index is 13.3. The van der Waals surface area contributed by atoms with Crippen molar-refractivity contribution in [2.24, 2.45) is 0 Å². The van der Waals surface area contributed by atoms with Gasteiger partial charge in [-0.1, -0.05) is 30.3 Å². The van der Waals surface area contributed by atoms with Crippen molar-refractivity contribution < 1.29 is 13.7 Å². The third-order valence-electron chi connectivity index (χ3n) is 3.87. The quantitative estimate of drug-likeness (QED) is 0.761. The normalized spacial score (nSPS) is 12.0. The van der Waals surface area contributed by atoms with Crippen LogP contribution >= 0.6 is 0 Å². The van der Waals surface area contributed by atoms with Crippen LogP contribution in [0.5, 0.6) is 0 Å². The number of carbonyl (C=O) groups is 1. The van der Waals surface area contributed by atoms with E-state index in [1.54, 1.807) is 36.4 Å². The van der Waals surface area contributed by atoms with E-state index in [0.29, 0.717) is 22.5 Å². The third kappa shape index (κ3) is 3.91. The molecule has 0 fully saturated rings. The fourth-order valence-electron chi connectivity index (χ4n) is 2.29. The minimum atomic E-state index is -0.368. The van der Waals surface area contributed by atoms with Crippen molar-refractivity contribution in [3.8, 4) is 22.8 Å². The molecule has 1 aromatic heterocycles. The molecule has 0 saturated carbocycles. The zero-order valence-electron chi connectivity index (χ0n) is 14.0. The summed E-state index contributed by atoms with van der Waals surface area (Å²) in [5.74, 6) is 0.0510. The third-order valence-corrected chi connectivity index (χ3v) is 3.87. The number of benzene rings is 2. The average Bonchev–Trinajstić information content (AvgIpc) is 3.12. The van der Waals surface area contributed by atoms with Crippen LogP contribution in [0.4, 0.5) is 4.39 Å².